The van der Waals surface area contributed by atoms with Gasteiger partial charge in [-0.15, -0.1) is 0 Å². The number of hydrogen-bond donors (Lipinski definition) is 1. The van der Waals surface area contributed by atoms with Gasteiger partial charge in [0.15, 0.2) is 0 Å². The summed E-state index contributed by atoms with van der Waals surface area (Å²) in [5.74, 6) is 0.424. The average Bonchev–Trinajstić information content (AvgIpc) is 3.39. The molecule has 1 aliphatic heterocycles. The van der Waals surface area contributed by atoms with Crippen molar-refractivity contribution in [2.24, 2.45) is 5.41 Å². The van der Waals surface area contributed by atoms with Crippen molar-refractivity contribution in [2.45, 2.75) is 32.2 Å². The number of rotatable bonds is 4. The van der Waals surface area contributed by atoms with Gasteiger partial charge in [-0.3, -0.25) is 9.59 Å². The Morgan fingerprint density at radius 1 is 1.12 bits per heavy atom. The van der Waals surface area contributed by atoms with E-state index in [9.17, 15) is 9.59 Å². The molecule has 0 radical (unpaired) electrons. The number of para-hydroxylation sites is 1. The summed E-state index contributed by atoms with van der Waals surface area (Å²) in [6.45, 7) is 2.04. The van der Waals surface area contributed by atoms with Gasteiger partial charge in [-0.05, 0) is 62.1 Å². The van der Waals surface area contributed by atoms with E-state index in [-0.39, 0.29) is 17.9 Å². The molecule has 0 bridgehead atoms. The number of nitrogens with one attached hydrogen (secondary N) is 1. The Kier molecular flexibility index (Phi) is 3.94. The van der Waals surface area contributed by atoms with Crippen LogP contribution in [0, 0.1) is 5.41 Å². The molecule has 1 atom stereocenters. The number of carbonyl (C=O) groups is 2. The number of hydrogen-bond acceptors (Lipinski definition) is 3. The molecule has 1 N–H and O–H groups in total. The van der Waals surface area contributed by atoms with Crippen LogP contribution in [-0.4, -0.2) is 25.0 Å². The van der Waals surface area contributed by atoms with Crippen LogP contribution in [-0.2, 0) is 16.0 Å². The minimum atomic E-state index is -0.939. The lowest BCUT2D eigenvalue weighted by atomic mass is 10.0. The normalized spacial score (nSPS) is 19.6. The van der Waals surface area contributed by atoms with Gasteiger partial charge in [0.05, 0.1) is 7.11 Å². The van der Waals surface area contributed by atoms with Crippen LogP contribution in [0.4, 0.5) is 11.4 Å². The van der Waals surface area contributed by atoms with Gasteiger partial charge in [-0.25, -0.2) is 0 Å². The summed E-state index contributed by atoms with van der Waals surface area (Å²) in [5.41, 5.74) is 1.84. The third kappa shape index (κ3) is 2.64. The number of nitrogens with zero attached hydrogens (tertiary/aromatic N) is 1. The van der Waals surface area contributed by atoms with Crippen molar-refractivity contribution in [1.29, 1.82) is 0 Å². The van der Waals surface area contributed by atoms with Crippen LogP contribution < -0.4 is 15.0 Å². The lowest BCUT2D eigenvalue weighted by Crippen LogP contribution is -2.45. The van der Waals surface area contributed by atoms with Gasteiger partial charge in [-0.2, -0.15) is 0 Å². The topological polar surface area (TPSA) is 58.6 Å². The molecule has 1 saturated carbocycles. The maximum atomic E-state index is 13.3. The molecule has 5 heteroatoms. The van der Waals surface area contributed by atoms with Gasteiger partial charge in [-0.1, -0.05) is 18.2 Å². The Balaban J connectivity index is 1.54. The summed E-state index contributed by atoms with van der Waals surface area (Å²) in [5, 5.41) is 2.90. The number of methoxy groups -OCH3 is 1. The maximum Gasteiger partial charge on any atom is 0.242 e. The monoisotopic (exact) mass is 350 g/mol. The minimum absolute atomic E-state index is 0.0751. The zero-order valence-corrected chi connectivity index (χ0v) is 15.0. The minimum Gasteiger partial charge on any atom is -0.497 e. The molecule has 0 saturated heterocycles. The van der Waals surface area contributed by atoms with Crippen LogP contribution in [0.3, 0.4) is 0 Å². The molecule has 2 aromatic carbocycles. The number of amides is 2. The molecule has 2 aliphatic rings. The van der Waals surface area contributed by atoms with Crippen LogP contribution in [0.2, 0.25) is 0 Å². The van der Waals surface area contributed by atoms with Crippen LogP contribution in [0.5, 0.6) is 5.75 Å². The SMILES string of the molecule is COc1ccc(NC(=O)C2(C(=O)N3c4ccccc4CC3C)CC2)cc1. The fraction of sp³-hybridized carbons (Fsp3) is 0.333. The number of benzene rings is 2. The molecule has 5 nitrogen and oxygen atoms in total. The van der Waals surface area contributed by atoms with E-state index in [2.05, 4.69) is 11.4 Å². The molecule has 0 aromatic heterocycles. The largest absolute Gasteiger partial charge is 0.497 e. The van der Waals surface area contributed by atoms with E-state index in [0.717, 1.165) is 17.9 Å². The van der Waals surface area contributed by atoms with Crippen molar-refractivity contribution < 1.29 is 14.3 Å². The Morgan fingerprint density at radius 3 is 2.46 bits per heavy atom. The first-order chi connectivity index (χ1) is 12.5. The highest BCUT2D eigenvalue weighted by molar-refractivity contribution is 6.18. The standard InChI is InChI=1S/C21H22N2O3/c1-14-13-15-5-3-4-6-18(15)23(14)20(25)21(11-12-21)19(24)22-16-7-9-17(26-2)10-8-16/h3-10,14H,11-13H2,1-2H3,(H,22,24). The third-order valence-electron chi connectivity index (χ3n) is 5.37. The predicted molar refractivity (Wildman–Crippen MR) is 100 cm³/mol. The predicted octanol–water partition coefficient (Wildman–Crippen LogP) is 3.39. The summed E-state index contributed by atoms with van der Waals surface area (Å²) in [6.07, 6.45) is 2.02. The highest BCUT2D eigenvalue weighted by atomic mass is 16.5. The first kappa shape index (κ1) is 16.6. The van der Waals surface area contributed by atoms with E-state index in [1.165, 1.54) is 5.56 Å². The van der Waals surface area contributed by atoms with E-state index in [0.29, 0.717) is 18.5 Å². The van der Waals surface area contributed by atoms with E-state index in [1.807, 2.05) is 30.0 Å². The van der Waals surface area contributed by atoms with Crippen LogP contribution >= 0.6 is 0 Å². The summed E-state index contributed by atoms with van der Waals surface area (Å²) >= 11 is 0. The molecule has 2 aromatic rings. The van der Waals surface area contributed by atoms with Crippen molar-refractivity contribution in [2.75, 3.05) is 17.3 Å². The summed E-state index contributed by atoms with van der Waals surface area (Å²) < 4.78 is 5.13. The Hall–Kier alpha value is -2.82. The summed E-state index contributed by atoms with van der Waals surface area (Å²) in [7, 11) is 1.60. The number of fused-ring (bicyclic) bond motifs is 1. The molecule has 1 aliphatic carbocycles. The van der Waals surface area contributed by atoms with Crippen molar-refractivity contribution in [3.8, 4) is 5.75 Å². The number of anilines is 2. The van der Waals surface area contributed by atoms with Gasteiger partial charge in [0, 0.05) is 17.4 Å². The quantitative estimate of drug-likeness (QED) is 0.860. The molecule has 1 heterocycles. The third-order valence-corrected chi connectivity index (χ3v) is 5.37. The van der Waals surface area contributed by atoms with Gasteiger partial charge >= 0.3 is 0 Å². The van der Waals surface area contributed by atoms with E-state index >= 15 is 0 Å². The zero-order valence-electron chi connectivity index (χ0n) is 15.0. The molecule has 4 rings (SSSR count). The van der Waals surface area contributed by atoms with Gasteiger partial charge < -0.3 is 15.0 Å². The van der Waals surface area contributed by atoms with Crippen molar-refractivity contribution in [3.63, 3.8) is 0 Å². The summed E-state index contributed by atoms with van der Waals surface area (Å²) in [4.78, 5) is 28.0. The second kappa shape index (κ2) is 6.16. The van der Waals surface area contributed by atoms with Crippen molar-refractivity contribution in [3.05, 3.63) is 54.1 Å². The van der Waals surface area contributed by atoms with Crippen LogP contribution in [0.1, 0.15) is 25.3 Å². The zero-order chi connectivity index (χ0) is 18.3. The Labute approximate surface area is 153 Å². The molecular weight excluding hydrogens is 328 g/mol. The van der Waals surface area contributed by atoms with Crippen molar-refractivity contribution in [1.82, 2.24) is 0 Å². The fourth-order valence-corrected chi connectivity index (χ4v) is 3.69. The molecule has 134 valence electrons. The van der Waals surface area contributed by atoms with E-state index < -0.39 is 5.41 Å². The number of carbonyl (C=O) groups excluding carboxylic acids is 2. The van der Waals surface area contributed by atoms with Gasteiger partial charge in [0.2, 0.25) is 11.8 Å². The van der Waals surface area contributed by atoms with Crippen LogP contribution in [0.15, 0.2) is 48.5 Å². The highest BCUT2D eigenvalue weighted by Crippen LogP contribution is 2.50. The second-order valence-electron chi connectivity index (χ2n) is 7.12. The lowest BCUT2D eigenvalue weighted by Gasteiger charge is -2.27. The molecule has 0 spiro atoms. The molecule has 26 heavy (non-hydrogen) atoms. The average molecular weight is 350 g/mol. The highest BCUT2D eigenvalue weighted by Gasteiger charge is 2.59. The number of ether oxygens (including phenoxy) is 1. The first-order valence-corrected chi connectivity index (χ1v) is 8.92. The van der Waals surface area contributed by atoms with E-state index in [1.54, 1.807) is 31.4 Å². The van der Waals surface area contributed by atoms with E-state index in [4.69, 9.17) is 4.74 Å². The fourth-order valence-electron chi connectivity index (χ4n) is 3.69. The van der Waals surface area contributed by atoms with Crippen LogP contribution in [0.25, 0.3) is 0 Å². The second-order valence-corrected chi connectivity index (χ2v) is 7.12. The van der Waals surface area contributed by atoms with Gasteiger partial charge in [0.25, 0.3) is 0 Å². The van der Waals surface area contributed by atoms with Gasteiger partial charge in [0.1, 0.15) is 11.2 Å². The smallest absolute Gasteiger partial charge is 0.242 e. The summed E-state index contributed by atoms with van der Waals surface area (Å²) in [6, 6.07) is 15.2. The molecular formula is C21H22N2O3. The van der Waals surface area contributed by atoms with Crippen molar-refractivity contribution >= 4 is 23.2 Å². The molecule has 1 fully saturated rings. The lowest BCUT2D eigenvalue weighted by molar-refractivity contribution is -0.132. The Morgan fingerprint density at radius 2 is 1.81 bits per heavy atom. The molecule has 1 unspecified atom stereocenters. The first-order valence-electron chi connectivity index (χ1n) is 8.92. The Bertz CT molecular complexity index is 856. The maximum absolute atomic E-state index is 13.3. The molecule has 2 amide bonds.